The highest BCUT2D eigenvalue weighted by Crippen LogP contribution is 2.38. The molecule has 0 fully saturated rings. The van der Waals surface area contributed by atoms with Gasteiger partial charge in [-0.15, -0.1) is 0 Å². The van der Waals surface area contributed by atoms with E-state index in [2.05, 4.69) is 4.89 Å². The van der Waals surface area contributed by atoms with Gasteiger partial charge < -0.3 is 5.32 Å². The molecule has 0 aliphatic rings. The van der Waals surface area contributed by atoms with Crippen LogP contribution in [0.25, 0.3) is 0 Å². The van der Waals surface area contributed by atoms with E-state index in [0.717, 1.165) is 12.1 Å². The third kappa shape index (κ3) is 3.77. The molecular weight excluding hydrogens is 398 g/mol. The fraction of sp³-hybridized carbons (Fsp3) is 0.417. The highest BCUT2D eigenvalue weighted by atomic mass is 35.5. The van der Waals surface area contributed by atoms with Gasteiger partial charge in [0.25, 0.3) is 11.5 Å². The molecule has 0 aromatic heterocycles. The van der Waals surface area contributed by atoms with Gasteiger partial charge in [-0.1, -0.05) is 30.1 Å². The van der Waals surface area contributed by atoms with Gasteiger partial charge in [-0.3, -0.25) is 10.1 Å². The van der Waals surface area contributed by atoms with E-state index in [-0.39, 0.29) is 16.3 Å². The summed E-state index contributed by atoms with van der Waals surface area (Å²) in [6.07, 6.45) is -5.23. The first-order chi connectivity index (χ1) is 10.8. The minimum Gasteiger partial charge on any atom is -0.322 e. The van der Waals surface area contributed by atoms with Crippen molar-refractivity contribution in [3.63, 3.8) is 0 Å². The van der Waals surface area contributed by atoms with Crippen LogP contribution in [0.2, 0.25) is 10.0 Å². The summed E-state index contributed by atoms with van der Waals surface area (Å²) >= 11 is 11.6. The number of rotatable bonds is 5. The number of amides is 1. The van der Waals surface area contributed by atoms with Crippen LogP contribution in [0.5, 0.6) is 0 Å². The molecule has 24 heavy (non-hydrogen) atoms. The van der Waals surface area contributed by atoms with Gasteiger partial charge in [0, 0.05) is 0 Å². The molecule has 1 rings (SSSR count). The molecule has 1 aromatic rings. The summed E-state index contributed by atoms with van der Waals surface area (Å²) in [6, 6.07) is 1.97. The van der Waals surface area contributed by atoms with Crippen LogP contribution in [-0.4, -0.2) is 37.1 Å². The van der Waals surface area contributed by atoms with Crippen LogP contribution in [0.1, 0.15) is 13.8 Å². The van der Waals surface area contributed by atoms with Gasteiger partial charge in [0.15, 0.2) is 9.84 Å². The number of hydrogen-bond donors (Lipinski definition) is 2. The molecule has 136 valence electrons. The Kier molecular flexibility index (Phi) is 6.16. The van der Waals surface area contributed by atoms with E-state index in [4.69, 9.17) is 28.5 Å². The molecule has 0 aliphatic carbocycles. The summed E-state index contributed by atoms with van der Waals surface area (Å²) < 4.78 is 62.1. The smallest absolute Gasteiger partial charge is 0.322 e. The van der Waals surface area contributed by atoms with Crippen molar-refractivity contribution >= 4 is 44.6 Å². The Labute approximate surface area is 145 Å². The second-order valence-electron chi connectivity index (χ2n) is 4.72. The van der Waals surface area contributed by atoms with Crippen LogP contribution in [-0.2, 0) is 19.5 Å². The Morgan fingerprint density at radius 1 is 1.29 bits per heavy atom. The predicted molar refractivity (Wildman–Crippen MR) is 81.0 cm³/mol. The average molecular weight is 410 g/mol. The standard InChI is InChI=1S/C12H12Cl2F3NO5S/c1-3-24(21,22)7-5-4-6(8(13)9(7)14)18-10(19)11(2,23-20)12(15,16)17/h4-5,20H,3H2,1-2H3,(H,18,19)/t11-/m1/s1. The van der Waals surface area contributed by atoms with Crippen molar-refractivity contribution in [2.45, 2.75) is 30.5 Å². The number of carbonyl (C=O) groups is 1. The third-order valence-corrected chi connectivity index (χ3v) is 5.93. The highest BCUT2D eigenvalue weighted by Gasteiger charge is 2.59. The van der Waals surface area contributed by atoms with Gasteiger partial charge in [0.2, 0.25) is 0 Å². The van der Waals surface area contributed by atoms with E-state index >= 15 is 0 Å². The maximum atomic E-state index is 12.8. The lowest BCUT2D eigenvalue weighted by atomic mass is 10.1. The summed E-state index contributed by atoms with van der Waals surface area (Å²) in [7, 11) is -3.73. The Morgan fingerprint density at radius 3 is 2.25 bits per heavy atom. The monoisotopic (exact) mass is 409 g/mol. The number of alkyl halides is 3. The van der Waals surface area contributed by atoms with Crippen molar-refractivity contribution < 1.29 is 36.5 Å². The fourth-order valence-electron chi connectivity index (χ4n) is 1.49. The summed E-state index contributed by atoms with van der Waals surface area (Å²) in [5.74, 6) is -2.05. The summed E-state index contributed by atoms with van der Waals surface area (Å²) in [6.45, 7) is 1.66. The third-order valence-electron chi connectivity index (χ3n) is 3.17. The normalized spacial score (nSPS) is 15.0. The Bertz CT molecular complexity index is 754. The summed E-state index contributed by atoms with van der Waals surface area (Å²) in [4.78, 5) is 14.7. The van der Waals surface area contributed by atoms with Crippen molar-refractivity contribution in [3.05, 3.63) is 22.2 Å². The maximum Gasteiger partial charge on any atom is 0.429 e. The number of nitrogens with one attached hydrogen (secondary N) is 1. The zero-order valence-corrected chi connectivity index (χ0v) is 14.6. The topological polar surface area (TPSA) is 92.7 Å². The molecule has 12 heteroatoms. The second-order valence-corrected chi connectivity index (χ2v) is 7.72. The predicted octanol–water partition coefficient (Wildman–Crippen LogP) is 3.54. The van der Waals surface area contributed by atoms with E-state index < -0.39 is 37.6 Å². The first-order valence-corrected chi connectivity index (χ1v) is 8.64. The number of carbonyl (C=O) groups excluding carboxylic acids is 1. The molecule has 0 bridgehead atoms. The van der Waals surface area contributed by atoms with Crippen LogP contribution >= 0.6 is 23.2 Å². The molecular formula is C12H12Cl2F3NO5S. The molecule has 0 saturated heterocycles. The van der Waals surface area contributed by atoms with Gasteiger partial charge in [-0.05, 0) is 19.1 Å². The molecule has 1 amide bonds. The molecule has 0 heterocycles. The maximum absolute atomic E-state index is 12.8. The van der Waals surface area contributed by atoms with Crippen molar-refractivity contribution in [2.24, 2.45) is 0 Å². The summed E-state index contributed by atoms with van der Waals surface area (Å²) in [5.41, 5.74) is -3.94. The van der Waals surface area contributed by atoms with Crippen molar-refractivity contribution in [3.8, 4) is 0 Å². The molecule has 1 atom stereocenters. The van der Waals surface area contributed by atoms with Crippen molar-refractivity contribution in [2.75, 3.05) is 11.1 Å². The van der Waals surface area contributed by atoms with E-state index in [1.807, 2.05) is 0 Å². The largest absolute Gasteiger partial charge is 0.429 e. The quantitative estimate of drug-likeness (QED) is 0.572. The number of sulfone groups is 1. The van der Waals surface area contributed by atoms with E-state index in [1.165, 1.54) is 6.92 Å². The molecule has 1 aromatic carbocycles. The average Bonchev–Trinajstić information content (AvgIpc) is 2.49. The Hall–Kier alpha value is -1.07. The number of benzene rings is 1. The van der Waals surface area contributed by atoms with Crippen LogP contribution in [0.3, 0.4) is 0 Å². The fourth-order valence-corrected chi connectivity index (χ4v) is 3.23. The van der Waals surface area contributed by atoms with Crippen LogP contribution in [0.4, 0.5) is 18.9 Å². The van der Waals surface area contributed by atoms with E-state index in [0.29, 0.717) is 6.92 Å². The van der Waals surface area contributed by atoms with Crippen LogP contribution < -0.4 is 5.32 Å². The van der Waals surface area contributed by atoms with E-state index in [1.54, 1.807) is 5.32 Å². The molecule has 2 N–H and O–H groups in total. The number of hydrogen-bond acceptors (Lipinski definition) is 5. The van der Waals surface area contributed by atoms with Crippen LogP contribution in [0, 0.1) is 0 Å². The SMILES string of the molecule is CCS(=O)(=O)c1ccc(NC(=O)[C@@](C)(OO)C(F)(F)F)c(Cl)c1Cl. The zero-order valence-electron chi connectivity index (χ0n) is 12.2. The zero-order chi connectivity index (χ0) is 18.9. The molecule has 0 saturated carbocycles. The Balaban J connectivity index is 3.28. The van der Waals surface area contributed by atoms with Gasteiger partial charge >= 0.3 is 6.18 Å². The van der Waals surface area contributed by atoms with Gasteiger partial charge in [0.1, 0.15) is 0 Å². The molecule has 0 spiro atoms. The van der Waals surface area contributed by atoms with Gasteiger partial charge in [-0.25, -0.2) is 13.3 Å². The lowest BCUT2D eigenvalue weighted by molar-refractivity contribution is -0.378. The van der Waals surface area contributed by atoms with Gasteiger partial charge in [-0.2, -0.15) is 13.2 Å². The minimum absolute atomic E-state index is 0.279. The van der Waals surface area contributed by atoms with Crippen molar-refractivity contribution in [1.29, 1.82) is 0 Å². The molecule has 6 nitrogen and oxygen atoms in total. The highest BCUT2D eigenvalue weighted by molar-refractivity contribution is 7.91. The first kappa shape index (κ1) is 21.0. The minimum atomic E-state index is -5.23. The van der Waals surface area contributed by atoms with Gasteiger partial charge in [0.05, 0.1) is 26.4 Å². The molecule has 0 unspecified atom stereocenters. The summed E-state index contributed by atoms with van der Waals surface area (Å²) in [5, 5.41) is 9.33. The molecule has 0 aliphatic heterocycles. The van der Waals surface area contributed by atoms with Crippen molar-refractivity contribution in [1.82, 2.24) is 0 Å². The number of halogens is 5. The molecule has 0 radical (unpaired) electrons. The van der Waals surface area contributed by atoms with E-state index in [9.17, 15) is 26.4 Å². The number of anilines is 1. The lowest BCUT2D eigenvalue weighted by Gasteiger charge is -2.27. The Morgan fingerprint density at radius 2 is 1.83 bits per heavy atom. The first-order valence-electron chi connectivity index (χ1n) is 6.23. The second kappa shape index (κ2) is 7.04. The lowest BCUT2D eigenvalue weighted by Crippen LogP contribution is -2.53. The van der Waals surface area contributed by atoms with Crippen LogP contribution in [0.15, 0.2) is 17.0 Å².